The van der Waals surface area contributed by atoms with E-state index in [0.717, 1.165) is 11.8 Å². The van der Waals surface area contributed by atoms with E-state index in [-0.39, 0.29) is 22.8 Å². The number of aromatic nitrogens is 1. The van der Waals surface area contributed by atoms with E-state index in [1.54, 1.807) is 13.0 Å². The SMILES string of the molecule is Cc1ccc(NS(=O)(=O)c2cc(Cl)cc(CN)c2F)cn1. The van der Waals surface area contributed by atoms with Crippen LogP contribution in [0.4, 0.5) is 10.1 Å². The number of hydrogen-bond acceptors (Lipinski definition) is 4. The van der Waals surface area contributed by atoms with Crippen molar-refractivity contribution in [2.75, 3.05) is 4.72 Å². The Kier molecular flexibility index (Phi) is 4.46. The van der Waals surface area contributed by atoms with Crippen molar-refractivity contribution in [2.45, 2.75) is 18.4 Å². The van der Waals surface area contributed by atoms with Gasteiger partial charge < -0.3 is 5.73 Å². The summed E-state index contributed by atoms with van der Waals surface area (Å²) in [4.78, 5) is 3.42. The molecule has 0 radical (unpaired) electrons. The standard InChI is InChI=1S/C13H13ClFN3O2S/c1-8-2-3-11(7-17-8)18-21(19,20)12-5-10(14)4-9(6-16)13(12)15/h2-5,7,18H,6,16H2,1H3. The molecule has 0 spiro atoms. The van der Waals surface area contributed by atoms with Crippen LogP contribution in [0.5, 0.6) is 0 Å². The molecule has 0 atom stereocenters. The Morgan fingerprint density at radius 2 is 2.10 bits per heavy atom. The maximum atomic E-state index is 14.1. The Hall–Kier alpha value is -1.70. The molecule has 21 heavy (non-hydrogen) atoms. The molecular weight excluding hydrogens is 317 g/mol. The van der Waals surface area contributed by atoms with Crippen molar-refractivity contribution in [3.63, 3.8) is 0 Å². The van der Waals surface area contributed by atoms with Crippen LogP contribution in [0.15, 0.2) is 35.4 Å². The van der Waals surface area contributed by atoms with Crippen molar-refractivity contribution in [3.8, 4) is 0 Å². The monoisotopic (exact) mass is 329 g/mol. The number of nitrogens with two attached hydrogens (primary N) is 1. The number of anilines is 1. The Balaban J connectivity index is 2.44. The number of hydrogen-bond donors (Lipinski definition) is 2. The highest BCUT2D eigenvalue weighted by Crippen LogP contribution is 2.25. The van der Waals surface area contributed by atoms with E-state index in [0.29, 0.717) is 0 Å². The minimum Gasteiger partial charge on any atom is -0.326 e. The van der Waals surface area contributed by atoms with Crippen LogP contribution in [-0.2, 0) is 16.6 Å². The molecule has 0 saturated carbocycles. The van der Waals surface area contributed by atoms with Crippen LogP contribution in [0.1, 0.15) is 11.3 Å². The summed E-state index contributed by atoms with van der Waals surface area (Å²) in [6.07, 6.45) is 1.35. The molecule has 0 bridgehead atoms. The van der Waals surface area contributed by atoms with Crippen LogP contribution in [0, 0.1) is 12.7 Å². The second-order valence-electron chi connectivity index (χ2n) is 4.37. The zero-order valence-corrected chi connectivity index (χ0v) is 12.7. The second-order valence-corrected chi connectivity index (χ2v) is 6.46. The van der Waals surface area contributed by atoms with Crippen molar-refractivity contribution in [1.82, 2.24) is 4.98 Å². The second kappa shape index (κ2) is 5.97. The summed E-state index contributed by atoms with van der Waals surface area (Å²) in [6.45, 7) is 1.61. The quantitative estimate of drug-likeness (QED) is 0.902. The van der Waals surface area contributed by atoms with Crippen molar-refractivity contribution >= 4 is 27.3 Å². The fourth-order valence-corrected chi connectivity index (χ4v) is 3.20. The van der Waals surface area contributed by atoms with Crippen LogP contribution >= 0.6 is 11.6 Å². The molecule has 0 fully saturated rings. The topological polar surface area (TPSA) is 85.1 Å². The third-order valence-electron chi connectivity index (χ3n) is 2.75. The average Bonchev–Trinajstić information content (AvgIpc) is 2.43. The first-order valence-corrected chi connectivity index (χ1v) is 7.83. The van der Waals surface area contributed by atoms with Crippen molar-refractivity contribution in [1.29, 1.82) is 0 Å². The molecular formula is C13H13ClFN3O2S. The maximum absolute atomic E-state index is 14.1. The maximum Gasteiger partial charge on any atom is 0.264 e. The van der Waals surface area contributed by atoms with Crippen LogP contribution in [0.3, 0.4) is 0 Å². The van der Waals surface area contributed by atoms with Gasteiger partial charge in [0.15, 0.2) is 0 Å². The fourth-order valence-electron chi connectivity index (χ4n) is 1.70. The van der Waals surface area contributed by atoms with E-state index < -0.39 is 20.7 Å². The van der Waals surface area contributed by atoms with Gasteiger partial charge in [-0.3, -0.25) is 9.71 Å². The molecule has 0 aliphatic heterocycles. The minimum absolute atomic E-state index is 0.0323. The molecule has 0 amide bonds. The molecule has 1 aromatic heterocycles. The summed E-state index contributed by atoms with van der Waals surface area (Å²) in [6, 6.07) is 5.51. The molecule has 1 aromatic carbocycles. The van der Waals surface area contributed by atoms with E-state index in [4.69, 9.17) is 17.3 Å². The zero-order valence-electron chi connectivity index (χ0n) is 11.1. The third-order valence-corrected chi connectivity index (χ3v) is 4.35. The Bertz CT molecular complexity index is 764. The lowest BCUT2D eigenvalue weighted by molar-refractivity contribution is 0.561. The Labute approximate surface area is 127 Å². The Morgan fingerprint density at radius 1 is 1.38 bits per heavy atom. The van der Waals surface area contributed by atoms with Crippen molar-refractivity contribution < 1.29 is 12.8 Å². The number of pyridine rings is 1. The van der Waals surface area contributed by atoms with E-state index in [1.165, 1.54) is 18.3 Å². The largest absolute Gasteiger partial charge is 0.326 e. The van der Waals surface area contributed by atoms with Gasteiger partial charge in [0.1, 0.15) is 10.7 Å². The van der Waals surface area contributed by atoms with Gasteiger partial charge in [0.25, 0.3) is 10.0 Å². The molecule has 2 rings (SSSR count). The lowest BCUT2D eigenvalue weighted by Crippen LogP contribution is -2.16. The highest BCUT2D eigenvalue weighted by Gasteiger charge is 2.22. The summed E-state index contributed by atoms with van der Waals surface area (Å²) >= 11 is 5.80. The molecule has 0 unspecified atom stereocenters. The summed E-state index contributed by atoms with van der Waals surface area (Å²) in [5, 5.41) is 0.0965. The van der Waals surface area contributed by atoms with Gasteiger partial charge in [-0.1, -0.05) is 11.6 Å². The van der Waals surface area contributed by atoms with Gasteiger partial charge in [0.2, 0.25) is 0 Å². The highest BCUT2D eigenvalue weighted by molar-refractivity contribution is 7.92. The van der Waals surface area contributed by atoms with Gasteiger partial charge in [-0.15, -0.1) is 0 Å². The first-order valence-electron chi connectivity index (χ1n) is 5.97. The number of nitrogens with one attached hydrogen (secondary N) is 1. The zero-order chi connectivity index (χ0) is 15.6. The fraction of sp³-hybridized carbons (Fsp3) is 0.154. The summed E-state index contributed by atoms with van der Waals surface area (Å²) in [5.41, 5.74) is 6.37. The van der Waals surface area contributed by atoms with E-state index in [2.05, 4.69) is 9.71 Å². The number of halogens is 2. The predicted octanol–water partition coefficient (Wildman–Crippen LogP) is 2.44. The molecule has 0 aliphatic rings. The molecule has 8 heteroatoms. The smallest absolute Gasteiger partial charge is 0.264 e. The molecule has 112 valence electrons. The van der Waals surface area contributed by atoms with Gasteiger partial charge in [-0.05, 0) is 31.2 Å². The molecule has 0 saturated heterocycles. The third kappa shape index (κ3) is 3.49. The minimum atomic E-state index is -4.12. The van der Waals surface area contributed by atoms with Crippen LogP contribution in [0.25, 0.3) is 0 Å². The lowest BCUT2D eigenvalue weighted by Gasteiger charge is -2.11. The van der Waals surface area contributed by atoms with Gasteiger partial charge in [-0.2, -0.15) is 0 Å². The van der Waals surface area contributed by atoms with E-state index in [9.17, 15) is 12.8 Å². The molecule has 0 aliphatic carbocycles. The molecule has 1 heterocycles. The van der Waals surface area contributed by atoms with Crippen LogP contribution < -0.4 is 10.5 Å². The van der Waals surface area contributed by atoms with Gasteiger partial charge >= 0.3 is 0 Å². The van der Waals surface area contributed by atoms with E-state index in [1.807, 2.05) is 0 Å². The van der Waals surface area contributed by atoms with Gasteiger partial charge in [0.05, 0.1) is 11.9 Å². The van der Waals surface area contributed by atoms with Crippen LogP contribution in [-0.4, -0.2) is 13.4 Å². The van der Waals surface area contributed by atoms with Gasteiger partial charge in [0, 0.05) is 22.8 Å². The Morgan fingerprint density at radius 3 is 2.67 bits per heavy atom. The number of sulfonamides is 1. The predicted molar refractivity (Wildman–Crippen MR) is 79.1 cm³/mol. The summed E-state index contributed by atoms with van der Waals surface area (Å²) < 4.78 is 40.9. The number of rotatable bonds is 4. The normalized spacial score (nSPS) is 11.4. The molecule has 5 nitrogen and oxygen atoms in total. The number of aryl methyl sites for hydroxylation is 1. The first-order chi connectivity index (χ1) is 9.83. The lowest BCUT2D eigenvalue weighted by atomic mass is 10.2. The van der Waals surface area contributed by atoms with Crippen molar-refractivity contribution in [2.24, 2.45) is 5.73 Å². The number of benzene rings is 1. The summed E-state index contributed by atoms with van der Waals surface area (Å²) in [5.74, 6) is -0.908. The van der Waals surface area contributed by atoms with Crippen molar-refractivity contribution in [3.05, 3.63) is 52.6 Å². The van der Waals surface area contributed by atoms with Gasteiger partial charge in [-0.25, -0.2) is 12.8 Å². The highest BCUT2D eigenvalue weighted by atomic mass is 35.5. The summed E-state index contributed by atoms with van der Waals surface area (Å²) in [7, 11) is -4.12. The average molecular weight is 330 g/mol. The van der Waals surface area contributed by atoms with E-state index >= 15 is 0 Å². The number of nitrogens with zero attached hydrogens (tertiary/aromatic N) is 1. The van der Waals surface area contributed by atoms with Crippen LogP contribution in [0.2, 0.25) is 5.02 Å². The first kappa shape index (κ1) is 15.7. The molecule has 3 N–H and O–H groups in total. The molecule has 2 aromatic rings.